The molecule has 0 fully saturated rings. The van der Waals surface area contributed by atoms with E-state index in [9.17, 15) is 0 Å². The van der Waals surface area contributed by atoms with Gasteiger partial charge < -0.3 is 14.0 Å². The van der Waals surface area contributed by atoms with Gasteiger partial charge in [-0.1, -0.05) is 127 Å². The molecule has 1 aliphatic rings. The number of hydrogen-bond acceptors (Lipinski definition) is 1. The average molecular weight is 650 g/mol. The van der Waals surface area contributed by atoms with E-state index in [1.807, 2.05) is 0 Å². The van der Waals surface area contributed by atoms with E-state index < -0.39 is 0 Å². The molecular weight excluding hydrogens is 619 g/mol. The van der Waals surface area contributed by atoms with Gasteiger partial charge >= 0.3 is 0 Å². The fraction of sp³-hybridized carbons (Fsp3) is 0. The molecule has 0 saturated heterocycles. The summed E-state index contributed by atoms with van der Waals surface area (Å²) in [5.74, 6) is 0. The molecule has 0 N–H and O–H groups in total. The van der Waals surface area contributed by atoms with E-state index in [4.69, 9.17) is 0 Å². The Bertz CT molecular complexity index is 2860. The number of hydrogen-bond donors (Lipinski definition) is 0. The molecule has 3 heteroatoms. The van der Waals surface area contributed by atoms with Gasteiger partial charge in [-0.05, 0) is 82.9 Å². The summed E-state index contributed by atoms with van der Waals surface area (Å²) < 4.78 is 4.92. The van der Waals surface area contributed by atoms with Gasteiger partial charge in [0.15, 0.2) is 0 Å². The van der Waals surface area contributed by atoms with Crippen LogP contribution in [-0.4, -0.2) is 9.13 Å². The number of rotatable bonds is 4. The van der Waals surface area contributed by atoms with Crippen LogP contribution in [0, 0.1) is 0 Å². The molecule has 0 bridgehead atoms. The van der Waals surface area contributed by atoms with E-state index >= 15 is 0 Å². The summed E-state index contributed by atoms with van der Waals surface area (Å²) in [5, 5.41) is 5.00. The van der Waals surface area contributed by atoms with Crippen LogP contribution >= 0.6 is 0 Å². The van der Waals surface area contributed by atoms with E-state index in [1.54, 1.807) is 0 Å². The minimum Gasteiger partial charge on any atom is -0.309 e. The van der Waals surface area contributed by atoms with E-state index in [0.717, 1.165) is 22.7 Å². The first-order valence-corrected chi connectivity index (χ1v) is 17.5. The van der Waals surface area contributed by atoms with Gasteiger partial charge in [0.1, 0.15) is 0 Å². The fourth-order valence-electron chi connectivity index (χ4n) is 8.40. The lowest BCUT2D eigenvalue weighted by atomic mass is 9.96. The van der Waals surface area contributed by atoms with Crippen molar-refractivity contribution >= 4 is 60.7 Å². The van der Waals surface area contributed by atoms with Crippen LogP contribution in [-0.2, 0) is 0 Å². The maximum atomic E-state index is 2.49. The molecule has 51 heavy (non-hydrogen) atoms. The molecule has 2 aromatic heterocycles. The Labute approximate surface area is 295 Å². The summed E-state index contributed by atoms with van der Waals surface area (Å²) in [5.41, 5.74) is 15.3. The Kier molecular flexibility index (Phi) is 5.96. The quantitative estimate of drug-likeness (QED) is 0.185. The predicted molar refractivity (Wildman–Crippen MR) is 214 cm³/mol. The van der Waals surface area contributed by atoms with Crippen molar-refractivity contribution in [1.29, 1.82) is 0 Å². The lowest BCUT2D eigenvalue weighted by Crippen LogP contribution is -2.18. The Morgan fingerprint density at radius 2 is 0.745 bits per heavy atom. The van der Waals surface area contributed by atoms with Gasteiger partial charge in [0.05, 0.1) is 39.1 Å². The van der Waals surface area contributed by atoms with E-state index in [2.05, 4.69) is 202 Å². The van der Waals surface area contributed by atoms with Gasteiger partial charge in [-0.3, -0.25) is 0 Å². The molecule has 1 aliphatic heterocycles. The summed E-state index contributed by atoms with van der Waals surface area (Å²) in [6, 6.07) is 68.6. The van der Waals surface area contributed by atoms with Gasteiger partial charge in [0.2, 0.25) is 0 Å². The van der Waals surface area contributed by atoms with E-state index in [0.29, 0.717) is 0 Å². The molecule has 11 rings (SSSR count). The standard InChI is InChI=1S/C48H31N3/c1-3-15-32(16-4-1)34-27-35(33-17-5-2-6-18-33)29-36(28-34)50-45-25-13-14-26-46(45)51-44-24-12-9-21-40(44)41-30-37(31-47(50)48(41)51)49-42-22-10-7-19-38(42)39-20-8-11-23-43(39)49/h1-31H. The largest absolute Gasteiger partial charge is 0.309 e. The van der Waals surface area contributed by atoms with Gasteiger partial charge in [-0.25, -0.2) is 0 Å². The first-order chi connectivity index (χ1) is 25.3. The highest BCUT2D eigenvalue weighted by molar-refractivity contribution is 6.18. The monoisotopic (exact) mass is 649 g/mol. The van der Waals surface area contributed by atoms with Crippen LogP contribution in [0.4, 0.5) is 17.1 Å². The zero-order valence-corrected chi connectivity index (χ0v) is 27.7. The molecule has 0 aliphatic carbocycles. The first kappa shape index (κ1) is 28.0. The van der Waals surface area contributed by atoms with Crippen molar-refractivity contribution in [3.63, 3.8) is 0 Å². The maximum absolute atomic E-state index is 2.49. The normalized spacial score (nSPS) is 12.3. The third-order valence-corrected chi connectivity index (χ3v) is 10.6. The van der Waals surface area contributed by atoms with Crippen LogP contribution in [0.15, 0.2) is 188 Å². The first-order valence-electron chi connectivity index (χ1n) is 17.5. The van der Waals surface area contributed by atoms with E-state index in [-0.39, 0.29) is 0 Å². The molecular formula is C48H31N3. The van der Waals surface area contributed by atoms with Crippen LogP contribution in [0.3, 0.4) is 0 Å². The Hall–Kier alpha value is -6.84. The molecule has 238 valence electrons. The Morgan fingerprint density at radius 3 is 1.33 bits per heavy atom. The van der Waals surface area contributed by atoms with Gasteiger partial charge in [-0.15, -0.1) is 0 Å². The number of fused-ring (bicyclic) bond motifs is 8. The highest BCUT2D eigenvalue weighted by atomic mass is 15.2. The molecule has 3 heterocycles. The predicted octanol–water partition coefficient (Wildman–Crippen LogP) is 13.0. The van der Waals surface area contributed by atoms with Crippen LogP contribution in [0.2, 0.25) is 0 Å². The topological polar surface area (TPSA) is 13.1 Å². The summed E-state index contributed by atoms with van der Waals surface area (Å²) in [6.45, 7) is 0. The number of benzene rings is 8. The number of anilines is 3. The van der Waals surface area contributed by atoms with Crippen molar-refractivity contribution in [2.24, 2.45) is 0 Å². The lowest BCUT2D eigenvalue weighted by molar-refractivity contribution is 1.10. The minimum absolute atomic E-state index is 1.12. The molecule has 0 amide bonds. The molecule has 10 aromatic rings. The van der Waals surface area contributed by atoms with Crippen molar-refractivity contribution in [3.8, 4) is 33.6 Å². The maximum Gasteiger partial charge on any atom is 0.0784 e. The van der Waals surface area contributed by atoms with Crippen LogP contribution in [0.5, 0.6) is 0 Å². The van der Waals surface area contributed by atoms with Crippen molar-refractivity contribution in [2.45, 2.75) is 0 Å². The number of nitrogens with zero attached hydrogens (tertiary/aromatic N) is 3. The summed E-state index contributed by atoms with van der Waals surface area (Å²) >= 11 is 0. The van der Waals surface area contributed by atoms with Crippen molar-refractivity contribution < 1.29 is 0 Å². The zero-order valence-electron chi connectivity index (χ0n) is 27.7. The second kappa shape index (κ2) is 10.8. The second-order valence-corrected chi connectivity index (χ2v) is 13.4. The van der Waals surface area contributed by atoms with Gasteiger partial charge in [0.25, 0.3) is 0 Å². The SMILES string of the molecule is c1ccc(-c2cc(-c3ccccc3)cc(N3c4ccccc4-n4c5ccccc5c5cc(-n6c7ccccc7c7ccccc76)cc3c54)c2)cc1. The smallest absolute Gasteiger partial charge is 0.0784 e. The fourth-order valence-corrected chi connectivity index (χ4v) is 8.40. The minimum atomic E-state index is 1.12. The van der Waals surface area contributed by atoms with Crippen molar-refractivity contribution in [1.82, 2.24) is 9.13 Å². The Morgan fingerprint density at radius 1 is 0.275 bits per heavy atom. The second-order valence-electron chi connectivity index (χ2n) is 13.4. The zero-order chi connectivity index (χ0) is 33.5. The van der Waals surface area contributed by atoms with Crippen molar-refractivity contribution in [3.05, 3.63) is 188 Å². The summed E-state index contributed by atoms with van der Waals surface area (Å²) in [4.78, 5) is 2.49. The molecule has 0 spiro atoms. The van der Waals surface area contributed by atoms with Gasteiger partial charge in [-0.2, -0.15) is 0 Å². The molecule has 8 aromatic carbocycles. The summed E-state index contributed by atoms with van der Waals surface area (Å²) in [7, 11) is 0. The third kappa shape index (κ3) is 4.12. The molecule has 0 atom stereocenters. The van der Waals surface area contributed by atoms with E-state index in [1.165, 1.54) is 71.6 Å². The molecule has 0 unspecified atom stereocenters. The Balaban J connectivity index is 1.28. The highest BCUT2D eigenvalue weighted by Crippen LogP contribution is 2.52. The van der Waals surface area contributed by atoms with Crippen LogP contribution in [0.25, 0.3) is 77.2 Å². The number of aromatic nitrogens is 2. The number of para-hydroxylation sites is 5. The molecule has 0 radical (unpaired) electrons. The van der Waals surface area contributed by atoms with Crippen LogP contribution < -0.4 is 4.90 Å². The molecule has 3 nitrogen and oxygen atoms in total. The lowest BCUT2D eigenvalue weighted by Gasteiger charge is -2.34. The highest BCUT2D eigenvalue weighted by Gasteiger charge is 2.30. The van der Waals surface area contributed by atoms with Gasteiger partial charge in [0, 0.05) is 32.9 Å². The molecule has 0 saturated carbocycles. The third-order valence-electron chi connectivity index (χ3n) is 10.6. The summed E-state index contributed by atoms with van der Waals surface area (Å²) in [6.07, 6.45) is 0. The van der Waals surface area contributed by atoms with Crippen molar-refractivity contribution in [2.75, 3.05) is 4.90 Å². The average Bonchev–Trinajstić information content (AvgIpc) is 3.72. The van der Waals surface area contributed by atoms with Crippen LogP contribution in [0.1, 0.15) is 0 Å².